The number of rotatable bonds is 9. The fraction of sp³-hybridized carbons (Fsp3) is 0.350. The molecule has 2 rings (SSSR count). The molecule has 0 unspecified atom stereocenters. The topological polar surface area (TPSA) is 56.8 Å². The minimum Gasteiger partial charge on any atom is -0.493 e. The van der Waals surface area contributed by atoms with Gasteiger partial charge in [-0.3, -0.25) is 4.79 Å². The number of carbonyl (C=O) groups excluding carboxylic acids is 1. The molecule has 26 heavy (non-hydrogen) atoms. The highest BCUT2D eigenvalue weighted by Gasteiger charge is 2.08. The van der Waals surface area contributed by atoms with Crippen molar-refractivity contribution in [1.29, 1.82) is 0 Å². The van der Waals surface area contributed by atoms with Crippen LogP contribution in [0.2, 0.25) is 0 Å². The normalized spacial score (nSPS) is 10.5. The molecule has 0 aliphatic heterocycles. The van der Waals surface area contributed by atoms with Crippen molar-refractivity contribution < 1.29 is 19.0 Å². The average Bonchev–Trinajstić information content (AvgIpc) is 2.64. The first kappa shape index (κ1) is 20.0. The quantitative estimate of drug-likeness (QED) is 0.674. The molecule has 0 heterocycles. The average molecular weight is 375 g/mol. The fourth-order valence-corrected chi connectivity index (χ4v) is 3.06. The number of carbonyl (C=O) groups is 1. The van der Waals surface area contributed by atoms with Gasteiger partial charge in [-0.05, 0) is 49.7 Å². The minimum atomic E-state index is -0.0278. The van der Waals surface area contributed by atoms with Crippen molar-refractivity contribution in [2.45, 2.75) is 31.4 Å². The van der Waals surface area contributed by atoms with Crippen LogP contribution in [0.25, 0.3) is 0 Å². The Hall–Kier alpha value is -2.34. The van der Waals surface area contributed by atoms with Gasteiger partial charge in [0.1, 0.15) is 5.75 Å². The third-order valence-corrected chi connectivity index (χ3v) is 4.48. The van der Waals surface area contributed by atoms with Crippen LogP contribution < -0.4 is 19.5 Å². The van der Waals surface area contributed by atoms with Crippen molar-refractivity contribution in [3.05, 3.63) is 48.0 Å². The van der Waals surface area contributed by atoms with Gasteiger partial charge >= 0.3 is 0 Å². The molecule has 140 valence electrons. The molecule has 2 aromatic carbocycles. The first-order valence-corrected chi connectivity index (χ1v) is 9.37. The lowest BCUT2D eigenvalue weighted by atomic mass is 10.2. The van der Waals surface area contributed by atoms with Gasteiger partial charge in [-0.1, -0.05) is 12.1 Å². The summed E-state index contributed by atoms with van der Waals surface area (Å²) in [6, 6.07) is 13.4. The van der Waals surface area contributed by atoms with Crippen LogP contribution in [0.1, 0.15) is 19.4 Å². The molecular formula is C20H25NO4S. The van der Waals surface area contributed by atoms with Crippen molar-refractivity contribution in [1.82, 2.24) is 5.32 Å². The van der Waals surface area contributed by atoms with Crippen molar-refractivity contribution in [2.24, 2.45) is 0 Å². The van der Waals surface area contributed by atoms with E-state index in [1.807, 2.05) is 56.3 Å². The van der Waals surface area contributed by atoms with Crippen molar-refractivity contribution in [3.63, 3.8) is 0 Å². The van der Waals surface area contributed by atoms with E-state index in [4.69, 9.17) is 14.2 Å². The van der Waals surface area contributed by atoms with Crippen molar-refractivity contribution in [2.75, 3.05) is 20.0 Å². The third kappa shape index (κ3) is 6.19. The standard InChI is InChI=1S/C20H25NO4S/c1-14(2)25-16-7-5-6-15(10-16)12-21-20(22)13-26-17-8-9-18(23-3)19(11-17)24-4/h5-11,14H,12-13H2,1-4H3,(H,21,22). The molecule has 0 aromatic heterocycles. The lowest BCUT2D eigenvalue weighted by molar-refractivity contribution is -0.118. The Morgan fingerprint density at radius 1 is 1.08 bits per heavy atom. The number of amides is 1. The van der Waals surface area contributed by atoms with Gasteiger partial charge in [-0.2, -0.15) is 0 Å². The molecule has 0 radical (unpaired) electrons. The number of hydrogen-bond donors (Lipinski definition) is 1. The zero-order valence-corrected chi connectivity index (χ0v) is 16.4. The number of hydrogen-bond acceptors (Lipinski definition) is 5. The van der Waals surface area contributed by atoms with Crippen LogP contribution >= 0.6 is 11.8 Å². The Kier molecular flexibility index (Phi) is 7.66. The summed E-state index contributed by atoms with van der Waals surface area (Å²) in [6.07, 6.45) is 0.123. The maximum atomic E-state index is 12.1. The second kappa shape index (κ2) is 9.97. The molecule has 0 spiro atoms. The molecule has 0 bridgehead atoms. The highest BCUT2D eigenvalue weighted by Crippen LogP contribution is 2.31. The summed E-state index contributed by atoms with van der Waals surface area (Å²) in [7, 11) is 3.19. The highest BCUT2D eigenvalue weighted by atomic mass is 32.2. The van der Waals surface area contributed by atoms with E-state index in [0.717, 1.165) is 16.2 Å². The summed E-state index contributed by atoms with van der Waals surface area (Å²) in [6.45, 7) is 4.44. The molecule has 0 aliphatic rings. The number of methoxy groups -OCH3 is 2. The molecular weight excluding hydrogens is 350 g/mol. The Morgan fingerprint density at radius 2 is 1.85 bits per heavy atom. The van der Waals surface area contributed by atoms with Crippen molar-refractivity contribution >= 4 is 17.7 Å². The zero-order valence-electron chi connectivity index (χ0n) is 15.6. The van der Waals surface area contributed by atoms with Crippen LogP contribution in [0.4, 0.5) is 0 Å². The number of thioether (sulfide) groups is 1. The van der Waals surface area contributed by atoms with Crippen LogP contribution in [-0.2, 0) is 11.3 Å². The third-order valence-electron chi connectivity index (χ3n) is 3.48. The summed E-state index contributed by atoms with van der Waals surface area (Å²) in [5, 5.41) is 2.93. The van der Waals surface area contributed by atoms with E-state index in [1.165, 1.54) is 11.8 Å². The monoisotopic (exact) mass is 375 g/mol. The Labute approximate surface area is 159 Å². The Balaban J connectivity index is 1.84. The zero-order chi connectivity index (χ0) is 18.9. The number of ether oxygens (including phenoxy) is 3. The molecule has 0 saturated carbocycles. The van der Waals surface area contributed by atoms with Gasteiger partial charge in [0.2, 0.25) is 5.91 Å². The minimum absolute atomic E-state index is 0.0278. The van der Waals surface area contributed by atoms with Crippen LogP contribution in [-0.4, -0.2) is 32.0 Å². The lowest BCUT2D eigenvalue weighted by Gasteiger charge is -2.11. The molecule has 1 amide bonds. The van der Waals surface area contributed by atoms with Gasteiger partial charge in [-0.25, -0.2) is 0 Å². The summed E-state index contributed by atoms with van der Waals surface area (Å²) < 4.78 is 16.2. The van der Waals surface area contributed by atoms with Gasteiger partial charge < -0.3 is 19.5 Å². The predicted octanol–water partition coefficient (Wildman–Crippen LogP) is 3.90. The first-order valence-electron chi connectivity index (χ1n) is 8.39. The molecule has 2 aromatic rings. The second-order valence-corrected chi connectivity index (χ2v) is 6.94. The fourth-order valence-electron chi connectivity index (χ4n) is 2.31. The predicted molar refractivity (Wildman–Crippen MR) is 104 cm³/mol. The Bertz CT molecular complexity index is 734. The molecule has 0 saturated heterocycles. The van der Waals surface area contributed by atoms with Crippen LogP contribution in [0.15, 0.2) is 47.4 Å². The van der Waals surface area contributed by atoms with E-state index >= 15 is 0 Å². The smallest absolute Gasteiger partial charge is 0.230 e. The Morgan fingerprint density at radius 3 is 2.54 bits per heavy atom. The van der Waals surface area contributed by atoms with E-state index in [2.05, 4.69) is 5.32 Å². The van der Waals surface area contributed by atoms with Crippen LogP contribution in [0, 0.1) is 0 Å². The number of benzene rings is 2. The number of nitrogens with one attached hydrogen (secondary N) is 1. The first-order chi connectivity index (χ1) is 12.5. The molecule has 1 N–H and O–H groups in total. The summed E-state index contributed by atoms with van der Waals surface area (Å²) in [5.74, 6) is 2.44. The molecule has 5 nitrogen and oxygen atoms in total. The summed E-state index contributed by atoms with van der Waals surface area (Å²) in [5.41, 5.74) is 1.01. The molecule has 0 aliphatic carbocycles. The SMILES string of the molecule is COc1ccc(SCC(=O)NCc2cccc(OC(C)C)c2)cc1OC. The van der Waals surface area contributed by atoms with Crippen LogP contribution in [0.3, 0.4) is 0 Å². The highest BCUT2D eigenvalue weighted by molar-refractivity contribution is 8.00. The van der Waals surface area contributed by atoms with Crippen LogP contribution in [0.5, 0.6) is 17.2 Å². The summed E-state index contributed by atoms with van der Waals surface area (Å²) in [4.78, 5) is 13.1. The van der Waals surface area contributed by atoms with Gasteiger partial charge in [0.15, 0.2) is 11.5 Å². The van der Waals surface area contributed by atoms with Gasteiger partial charge in [-0.15, -0.1) is 11.8 Å². The second-order valence-electron chi connectivity index (χ2n) is 5.90. The molecule has 6 heteroatoms. The van der Waals surface area contributed by atoms with E-state index in [-0.39, 0.29) is 12.0 Å². The summed E-state index contributed by atoms with van der Waals surface area (Å²) >= 11 is 1.45. The maximum Gasteiger partial charge on any atom is 0.230 e. The largest absolute Gasteiger partial charge is 0.493 e. The maximum absolute atomic E-state index is 12.1. The van der Waals surface area contributed by atoms with Gasteiger partial charge in [0, 0.05) is 11.4 Å². The molecule has 0 atom stereocenters. The van der Waals surface area contributed by atoms with E-state index in [9.17, 15) is 4.79 Å². The molecule has 0 fully saturated rings. The van der Waals surface area contributed by atoms with Gasteiger partial charge in [0.05, 0.1) is 26.1 Å². The van der Waals surface area contributed by atoms with Crippen molar-refractivity contribution in [3.8, 4) is 17.2 Å². The lowest BCUT2D eigenvalue weighted by Crippen LogP contribution is -2.24. The van der Waals surface area contributed by atoms with E-state index in [1.54, 1.807) is 14.2 Å². The van der Waals surface area contributed by atoms with E-state index in [0.29, 0.717) is 23.8 Å². The van der Waals surface area contributed by atoms with E-state index < -0.39 is 0 Å². The van der Waals surface area contributed by atoms with Gasteiger partial charge in [0.25, 0.3) is 0 Å².